The Bertz CT molecular complexity index is 999. The van der Waals surface area contributed by atoms with Crippen molar-refractivity contribution in [2.45, 2.75) is 12.7 Å². The van der Waals surface area contributed by atoms with E-state index in [1.54, 1.807) is 12.1 Å². The van der Waals surface area contributed by atoms with Crippen molar-refractivity contribution in [2.75, 3.05) is 7.11 Å². The van der Waals surface area contributed by atoms with Crippen LogP contribution in [0, 0.1) is 0 Å². The fourth-order valence-corrected chi connectivity index (χ4v) is 2.45. The summed E-state index contributed by atoms with van der Waals surface area (Å²) in [7, 11) is 1.42. The number of methoxy groups -OCH3 is 1. The van der Waals surface area contributed by atoms with Gasteiger partial charge in [0.2, 0.25) is 5.89 Å². The summed E-state index contributed by atoms with van der Waals surface area (Å²) in [6, 6.07) is 8.73. The minimum atomic E-state index is -4.53. The van der Waals surface area contributed by atoms with Gasteiger partial charge in [-0.2, -0.15) is 13.2 Å². The number of phenolic OH excluding ortho intramolecular Hbond substituents is 1. The van der Waals surface area contributed by atoms with Crippen LogP contribution in [-0.2, 0) is 12.7 Å². The smallest absolute Gasteiger partial charge is 0.416 e. The second-order valence-electron chi connectivity index (χ2n) is 5.79. The van der Waals surface area contributed by atoms with E-state index in [0.717, 1.165) is 12.1 Å². The van der Waals surface area contributed by atoms with E-state index in [1.165, 1.54) is 31.6 Å². The molecule has 0 bridgehead atoms. The number of nitrogens with one attached hydrogen (secondary N) is 1. The number of carbonyl (C=O) groups is 1. The number of nitrogens with zero attached hydrogens (tertiary/aromatic N) is 1. The molecule has 0 atom stereocenters. The topological polar surface area (TPSA) is 84.6 Å². The van der Waals surface area contributed by atoms with Crippen LogP contribution in [0.5, 0.6) is 11.5 Å². The van der Waals surface area contributed by atoms with Crippen molar-refractivity contribution in [2.24, 2.45) is 0 Å². The highest BCUT2D eigenvalue weighted by Gasteiger charge is 2.30. The predicted octanol–water partition coefficient (Wildman–Crippen LogP) is 4.00. The fraction of sp³-hybridized carbons (Fsp3) is 0.158. The van der Waals surface area contributed by atoms with Crippen LogP contribution in [-0.4, -0.2) is 23.1 Å². The molecule has 0 aliphatic carbocycles. The van der Waals surface area contributed by atoms with Gasteiger partial charge in [0.15, 0.2) is 11.5 Å². The highest BCUT2D eigenvalue weighted by atomic mass is 19.4. The summed E-state index contributed by atoms with van der Waals surface area (Å²) in [4.78, 5) is 16.3. The third-order valence-corrected chi connectivity index (χ3v) is 3.86. The third-order valence-electron chi connectivity index (χ3n) is 3.86. The van der Waals surface area contributed by atoms with E-state index >= 15 is 0 Å². The molecule has 28 heavy (non-hydrogen) atoms. The molecular weight excluding hydrogens is 377 g/mol. The van der Waals surface area contributed by atoms with Crippen molar-refractivity contribution in [1.29, 1.82) is 0 Å². The van der Waals surface area contributed by atoms with Crippen LogP contribution >= 0.6 is 0 Å². The number of halogens is 3. The second-order valence-corrected chi connectivity index (χ2v) is 5.79. The Morgan fingerprint density at radius 1 is 1.25 bits per heavy atom. The molecule has 0 fully saturated rings. The summed E-state index contributed by atoms with van der Waals surface area (Å²) in [5.74, 6) is -0.250. The number of ether oxygens (including phenoxy) is 1. The molecule has 1 aromatic heterocycles. The number of hydrogen-bond donors (Lipinski definition) is 2. The van der Waals surface area contributed by atoms with E-state index < -0.39 is 17.6 Å². The zero-order valence-corrected chi connectivity index (χ0v) is 14.6. The number of hydrogen-bond acceptors (Lipinski definition) is 5. The Morgan fingerprint density at radius 3 is 2.71 bits per heavy atom. The minimum absolute atomic E-state index is 0.0410. The molecule has 0 aliphatic rings. The van der Waals surface area contributed by atoms with E-state index in [4.69, 9.17) is 9.15 Å². The molecule has 9 heteroatoms. The molecule has 3 rings (SSSR count). The minimum Gasteiger partial charge on any atom is -0.504 e. The van der Waals surface area contributed by atoms with E-state index in [2.05, 4.69) is 10.3 Å². The van der Waals surface area contributed by atoms with Crippen molar-refractivity contribution >= 4 is 5.91 Å². The average Bonchev–Trinajstić information content (AvgIpc) is 3.14. The highest BCUT2D eigenvalue weighted by Crippen LogP contribution is 2.31. The molecule has 0 unspecified atom stereocenters. The van der Waals surface area contributed by atoms with Gasteiger partial charge < -0.3 is 19.6 Å². The molecule has 0 saturated carbocycles. The van der Waals surface area contributed by atoms with E-state index in [1.807, 2.05) is 0 Å². The predicted molar refractivity (Wildman–Crippen MR) is 92.8 cm³/mol. The number of aromatic hydroxyl groups is 1. The van der Waals surface area contributed by atoms with Gasteiger partial charge in [0, 0.05) is 11.1 Å². The van der Waals surface area contributed by atoms with Crippen LogP contribution in [0.15, 0.2) is 53.1 Å². The maximum absolute atomic E-state index is 12.7. The van der Waals surface area contributed by atoms with E-state index in [-0.39, 0.29) is 23.7 Å². The molecule has 2 aromatic carbocycles. The molecule has 146 valence electrons. The van der Waals surface area contributed by atoms with Crippen molar-refractivity contribution in [3.63, 3.8) is 0 Å². The molecule has 3 aromatic rings. The molecule has 0 aliphatic heterocycles. The highest BCUT2D eigenvalue weighted by molar-refractivity contribution is 5.94. The van der Waals surface area contributed by atoms with Gasteiger partial charge in [-0.25, -0.2) is 4.98 Å². The summed E-state index contributed by atoms with van der Waals surface area (Å²) in [6.07, 6.45) is -3.22. The van der Waals surface area contributed by atoms with Crippen LogP contribution in [0.4, 0.5) is 13.2 Å². The lowest BCUT2D eigenvalue weighted by molar-refractivity contribution is -0.137. The molecule has 6 nitrogen and oxygen atoms in total. The maximum Gasteiger partial charge on any atom is 0.416 e. The molecular formula is C19H15F3N2O4. The molecule has 0 spiro atoms. The normalized spacial score (nSPS) is 11.3. The summed E-state index contributed by atoms with van der Waals surface area (Å²) in [6.45, 7) is -0.0410. The molecule has 1 heterocycles. The molecule has 2 N–H and O–H groups in total. The number of oxazole rings is 1. The Morgan fingerprint density at radius 2 is 2.04 bits per heavy atom. The SMILES string of the molecule is COc1ccc(-c2nc(CNC(=O)c3cccc(C(F)(F)F)c3)co2)cc1O. The van der Waals surface area contributed by atoms with Gasteiger partial charge in [-0.05, 0) is 36.4 Å². The summed E-state index contributed by atoms with van der Waals surface area (Å²) in [5.41, 5.74) is -0.152. The van der Waals surface area contributed by atoms with Crippen LogP contribution in [0.2, 0.25) is 0 Å². The number of amides is 1. The number of carbonyl (C=O) groups excluding carboxylic acids is 1. The molecule has 1 amide bonds. The van der Waals surface area contributed by atoms with Crippen LogP contribution in [0.3, 0.4) is 0 Å². The Balaban J connectivity index is 1.68. The van der Waals surface area contributed by atoms with Gasteiger partial charge in [-0.1, -0.05) is 6.07 Å². The summed E-state index contributed by atoms with van der Waals surface area (Å²) in [5, 5.41) is 12.3. The van der Waals surface area contributed by atoms with Crippen molar-refractivity contribution < 1.29 is 32.2 Å². The number of benzene rings is 2. The summed E-state index contributed by atoms with van der Waals surface area (Å²) >= 11 is 0. The molecule has 0 saturated heterocycles. The molecule has 0 radical (unpaired) electrons. The first-order valence-electron chi connectivity index (χ1n) is 8.05. The first-order chi connectivity index (χ1) is 13.3. The van der Waals surface area contributed by atoms with Gasteiger partial charge in [-0.15, -0.1) is 0 Å². The lowest BCUT2D eigenvalue weighted by atomic mass is 10.1. The van der Waals surface area contributed by atoms with E-state index in [0.29, 0.717) is 17.0 Å². The number of phenols is 1. The largest absolute Gasteiger partial charge is 0.504 e. The lowest BCUT2D eigenvalue weighted by Gasteiger charge is -2.08. The first kappa shape index (κ1) is 19.3. The van der Waals surface area contributed by atoms with Crippen molar-refractivity contribution in [3.05, 3.63) is 65.5 Å². The zero-order chi connectivity index (χ0) is 20.3. The quantitative estimate of drug-likeness (QED) is 0.686. The van der Waals surface area contributed by atoms with Gasteiger partial charge >= 0.3 is 6.18 Å². The first-order valence-corrected chi connectivity index (χ1v) is 8.05. The lowest BCUT2D eigenvalue weighted by Crippen LogP contribution is -2.23. The van der Waals surface area contributed by atoms with Crippen molar-refractivity contribution in [1.82, 2.24) is 10.3 Å². The number of rotatable bonds is 5. The maximum atomic E-state index is 12.7. The van der Waals surface area contributed by atoms with Gasteiger partial charge in [0.05, 0.1) is 24.9 Å². The second kappa shape index (κ2) is 7.63. The monoisotopic (exact) mass is 392 g/mol. The Labute approximate surface area is 157 Å². The number of alkyl halides is 3. The van der Waals surface area contributed by atoms with Crippen LogP contribution in [0.25, 0.3) is 11.5 Å². The number of aromatic nitrogens is 1. The summed E-state index contributed by atoms with van der Waals surface area (Å²) < 4.78 is 48.5. The van der Waals surface area contributed by atoms with Crippen LogP contribution in [0.1, 0.15) is 21.6 Å². The third kappa shape index (κ3) is 4.25. The fourth-order valence-electron chi connectivity index (χ4n) is 2.45. The van der Waals surface area contributed by atoms with E-state index in [9.17, 15) is 23.1 Å². The Kier molecular flexibility index (Phi) is 5.25. The Hall–Kier alpha value is -3.49. The van der Waals surface area contributed by atoms with Gasteiger partial charge in [-0.3, -0.25) is 4.79 Å². The van der Waals surface area contributed by atoms with Crippen molar-refractivity contribution in [3.8, 4) is 23.0 Å². The van der Waals surface area contributed by atoms with Gasteiger partial charge in [0.1, 0.15) is 6.26 Å². The van der Waals surface area contributed by atoms with Crippen LogP contribution < -0.4 is 10.1 Å². The standard InChI is InChI=1S/C19H15F3N2O4/c1-27-16-6-5-12(8-15(16)25)18-24-14(10-28-18)9-23-17(26)11-3-2-4-13(7-11)19(20,21)22/h2-8,10,25H,9H2,1H3,(H,23,26). The zero-order valence-electron chi connectivity index (χ0n) is 14.6. The average molecular weight is 392 g/mol. The van der Waals surface area contributed by atoms with Gasteiger partial charge in [0.25, 0.3) is 5.91 Å².